The fourth-order valence-electron chi connectivity index (χ4n) is 1.63. The van der Waals surface area contributed by atoms with Gasteiger partial charge in [0.2, 0.25) is 5.95 Å². The van der Waals surface area contributed by atoms with Gasteiger partial charge in [-0.25, -0.2) is 9.78 Å². The van der Waals surface area contributed by atoms with Crippen molar-refractivity contribution in [2.24, 2.45) is 0 Å². The molecule has 3 nitrogen and oxygen atoms in total. The first-order valence-corrected chi connectivity index (χ1v) is 5.91. The molecular weight excluding hydrogens is 301 g/mol. The molecule has 92 valence electrons. The quantitative estimate of drug-likeness (QED) is 0.630. The van der Waals surface area contributed by atoms with Gasteiger partial charge in [-0.15, -0.1) is 0 Å². The molecule has 1 heterocycles. The van der Waals surface area contributed by atoms with Crippen molar-refractivity contribution in [2.45, 2.75) is 0 Å². The molecule has 2 rings (SSSR count). The Labute approximate surface area is 112 Å². The number of ether oxygens (including phenoxy) is 1. The van der Waals surface area contributed by atoms with E-state index in [1.54, 1.807) is 24.3 Å². The molecule has 0 amide bonds. The van der Waals surface area contributed by atoms with Gasteiger partial charge in [-0.3, -0.25) is 0 Å². The van der Waals surface area contributed by atoms with Gasteiger partial charge in [0.25, 0.3) is 0 Å². The van der Waals surface area contributed by atoms with Crippen molar-refractivity contribution in [1.29, 1.82) is 0 Å². The predicted octanol–water partition coefficient (Wildman–Crippen LogP) is 3.44. The molecule has 0 saturated heterocycles. The van der Waals surface area contributed by atoms with Crippen LogP contribution in [0.25, 0.3) is 11.1 Å². The third-order valence-corrected chi connectivity index (χ3v) is 2.92. The standard InChI is InChI=1S/C13H9BrFNO2/c1-18-13(17)11-10(5-6-16-12(11)15)8-3-2-4-9(14)7-8/h2-7H,1H3. The Balaban J connectivity index is 2.64. The number of nitrogens with zero attached hydrogens (tertiary/aromatic N) is 1. The molecule has 18 heavy (non-hydrogen) atoms. The number of pyridine rings is 1. The normalized spacial score (nSPS) is 10.2. The van der Waals surface area contributed by atoms with E-state index in [4.69, 9.17) is 0 Å². The first kappa shape index (κ1) is 12.7. The van der Waals surface area contributed by atoms with Crippen molar-refractivity contribution >= 4 is 21.9 Å². The second-order valence-corrected chi connectivity index (χ2v) is 4.44. The number of carbonyl (C=O) groups excluding carboxylic acids is 1. The highest BCUT2D eigenvalue weighted by molar-refractivity contribution is 9.10. The van der Waals surface area contributed by atoms with Gasteiger partial charge in [-0.2, -0.15) is 4.39 Å². The number of esters is 1. The average Bonchev–Trinajstić information content (AvgIpc) is 2.37. The van der Waals surface area contributed by atoms with E-state index in [0.717, 1.165) is 4.47 Å². The number of methoxy groups -OCH3 is 1. The summed E-state index contributed by atoms with van der Waals surface area (Å²) < 4.78 is 19.1. The highest BCUT2D eigenvalue weighted by Crippen LogP contribution is 2.27. The van der Waals surface area contributed by atoms with Gasteiger partial charge < -0.3 is 4.74 Å². The second-order valence-electron chi connectivity index (χ2n) is 3.53. The highest BCUT2D eigenvalue weighted by Gasteiger charge is 2.19. The maximum absolute atomic E-state index is 13.7. The molecule has 0 unspecified atom stereocenters. The summed E-state index contributed by atoms with van der Waals surface area (Å²) in [6, 6.07) is 8.81. The van der Waals surface area contributed by atoms with Crippen LogP contribution in [0.5, 0.6) is 0 Å². The summed E-state index contributed by atoms with van der Waals surface area (Å²) in [6.45, 7) is 0. The van der Waals surface area contributed by atoms with Gasteiger partial charge in [0, 0.05) is 16.2 Å². The number of hydrogen-bond acceptors (Lipinski definition) is 3. The van der Waals surface area contributed by atoms with E-state index in [-0.39, 0.29) is 5.56 Å². The Morgan fingerprint density at radius 1 is 1.39 bits per heavy atom. The molecule has 5 heteroatoms. The van der Waals surface area contributed by atoms with Crippen LogP contribution >= 0.6 is 15.9 Å². The lowest BCUT2D eigenvalue weighted by molar-refractivity contribution is 0.0595. The lowest BCUT2D eigenvalue weighted by Crippen LogP contribution is -2.08. The SMILES string of the molecule is COC(=O)c1c(-c2cccc(Br)c2)ccnc1F. The van der Waals surface area contributed by atoms with Gasteiger partial charge in [0.15, 0.2) is 0 Å². The lowest BCUT2D eigenvalue weighted by Gasteiger charge is -2.08. The summed E-state index contributed by atoms with van der Waals surface area (Å²) in [5, 5.41) is 0. The molecule has 2 aromatic rings. The van der Waals surface area contributed by atoms with E-state index in [1.807, 2.05) is 6.07 Å². The van der Waals surface area contributed by atoms with Crippen LogP contribution < -0.4 is 0 Å². The van der Waals surface area contributed by atoms with Crippen LogP contribution in [0.3, 0.4) is 0 Å². The fraction of sp³-hybridized carbons (Fsp3) is 0.0769. The van der Waals surface area contributed by atoms with Crippen molar-refractivity contribution in [3.63, 3.8) is 0 Å². The maximum atomic E-state index is 13.7. The van der Waals surface area contributed by atoms with E-state index in [1.165, 1.54) is 13.3 Å². The van der Waals surface area contributed by atoms with Gasteiger partial charge >= 0.3 is 5.97 Å². The molecule has 0 aliphatic heterocycles. The molecule has 1 aromatic heterocycles. The van der Waals surface area contributed by atoms with E-state index in [2.05, 4.69) is 25.7 Å². The van der Waals surface area contributed by atoms with E-state index in [9.17, 15) is 9.18 Å². The number of carbonyl (C=O) groups is 1. The topological polar surface area (TPSA) is 39.2 Å². The Bertz CT molecular complexity index is 601. The molecule has 0 fully saturated rings. The molecule has 0 bridgehead atoms. The molecule has 0 aliphatic rings. The van der Waals surface area contributed by atoms with Crippen LogP contribution in [0.4, 0.5) is 4.39 Å². The Hall–Kier alpha value is -1.75. The van der Waals surface area contributed by atoms with Gasteiger partial charge in [-0.1, -0.05) is 28.1 Å². The smallest absolute Gasteiger partial charge is 0.343 e. The fourth-order valence-corrected chi connectivity index (χ4v) is 2.03. The molecule has 0 atom stereocenters. The molecule has 0 spiro atoms. The molecule has 0 radical (unpaired) electrons. The third kappa shape index (κ3) is 2.41. The number of benzene rings is 1. The minimum absolute atomic E-state index is 0.155. The maximum Gasteiger partial charge on any atom is 0.343 e. The van der Waals surface area contributed by atoms with Crippen LogP contribution in [0.1, 0.15) is 10.4 Å². The Kier molecular flexibility index (Phi) is 3.72. The number of aromatic nitrogens is 1. The summed E-state index contributed by atoms with van der Waals surface area (Å²) in [4.78, 5) is 15.1. The Morgan fingerprint density at radius 3 is 2.83 bits per heavy atom. The zero-order chi connectivity index (χ0) is 13.1. The number of rotatable bonds is 2. The van der Waals surface area contributed by atoms with Crippen LogP contribution in [0.15, 0.2) is 41.0 Å². The van der Waals surface area contributed by atoms with Crippen molar-refractivity contribution in [1.82, 2.24) is 4.98 Å². The number of hydrogen-bond donors (Lipinski definition) is 0. The number of halogens is 2. The van der Waals surface area contributed by atoms with Crippen molar-refractivity contribution in [3.8, 4) is 11.1 Å². The monoisotopic (exact) mass is 309 g/mol. The van der Waals surface area contributed by atoms with Crippen LogP contribution in [-0.2, 0) is 4.74 Å². The largest absolute Gasteiger partial charge is 0.465 e. The predicted molar refractivity (Wildman–Crippen MR) is 68.7 cm³/mol. The molecule has 0 saturated carbocycles. The molecular formula is C13H9BrFNO2. The molecule has 1 aromatic carbocycles. The molecule has 0 aliphatic carbocycles. The van der Waals surface area contributed by atoms with Crippen molar-refractivity contribution in [3.05, 3.63) is 52.5 Å². The van der Waals surface area contributed by atoms with E-state index >= 15 is 0 Å². The lowest BCUT2D eigenvalue weighted by atomic mass is 10.0. The summed E-state index contributed by atoms with van der Waals surface area (Å²) in [5.74, 6) is -1.57. The van der Waals surface area contributed by atoms with Gasteiger partial charge in [0.1, 0.15) is 5.56 Å². The van der Waals surface area contributed by atoms with Gasteiger partial charge in [-0.05, 0) is 23.8 Å². The summed E-state index contributed by atoms with van der Waals surface area (Å²) in [5.41, 5.74) is 1.01. The second kappa shape index (κ2) is 5.27. The highest BCUT2D eigenvalue weighted by atomic mass is 79.9. The van der Waals surface area contributed by atoms with E-state index < -0.39 is 11.9 Å². The first-order valence-electron chi connectivity index (χ1n) is 5.12. The minimum atomic E-state index is -0.834. The zero-order valence-corrected chi connectivity index (χ0v) is 11.1. The molecule has 0 N–H and O–H groups in total. The van der Waals surface area contributed by atoms with Crippen LogP contribution in [-0.4, -0.2) is 18.1 Å². The van der Waals surface area contributed by atoms with E-state index in [0.29, 0.717) is 11.1 Å². The average molecular weight is 310 g/mol. The van der Waals surface area contributed by atoms with Crippen LogP contribution in [0, 0.1) is 5.95 Å². The first-order chi connectivity index (χ1) is 8.63. The van der Waals surface area contributed by atoms with Gasteiger partial charge in [0.05, 0.1) is 7.11 Å². The summed E-state index contributed by atoms with van der Waals surface area (Å²) in [6.07, 6.45) is 1.32. The van der Waals surface area contributed by atoms with Crippen LogP contribution in [0.2, 0.25) is 0 Å². The Morgan fingerprint density at radius 2 is 2.17 bits per heavy atom. The van der Waals surface area contributed by atoms with Crippen molar-refractivity contribution < 1.29 is 13.9 Å². The summed E-state index contributed by atoms with van der Waals surface area (Å²) >= 11 is 3.33. The zero-order valence-electron chi connectivity index (χ0n) is 9.48. The minimum Gasteiger partial charge on any atom is -0.465 e. The third-order valence-electron chi connectivity index (χ3n) is 2.43. The van der Waals surface area contributed by atoms with Crippen molar-refractivity contribution in [2.75, 3.05) is 7.11 Å². The summed E-state index contributed by atoms with van der Waals surface area (Å²) in [7, 11) is 1.21.